The molecule has 1 amide bonds. The second-order valence-electron chi connectivity index (χ2n) is 6.09. The minimum Gasteiger partial charge on any atom is -0.355 e. The zero-order chi connectivity index (χ0) is 13.8. The molecule has 2 atom stereocenters. The fraction of sp³-hybridized carbons (Fsp3) is 0.588. The number of benzene rings is 1. The van der Waals surface area contributed by atoms with Crippen LogP contribution in [0.25, 0.3) is 0 Å². The second-order valence-corrected chi connectivity index (χ2v) is 6.09. The Bertz CT molecular complexity index is 472. The van der Waals surface area contributed by atoms with Crippen LogP contribution in [0.1, 0.15) is 49.1 Å². The average molecular weight is 309 g/mol. The quantitative estimate of drug-likeness (QED) is 0.898. The number of nitrogens with one attached hydrogen (secondary N) is 2. The number of aryl methyl sites for hydroxylation is 1. The Balaban J connectivity index is 0.00000161. The Morgan fingerprint density at radius 1 is 1.24 bits per heavy atom. The molecule has 1 aromatic carbocycles. The highest BCUT2D eigenvalue weighted by molar-refractivity contribution is 5.85. The van der Waals surface area contributed by atoms with E-state index in [1.54, 1.807) is 0 Å². The van der Waals surface area contributed by atoms with Gasteiger partial charge in [-0.1, -0.05) is 24.3 Å². The maximum Gasteiger partial charge on any atom is 0.220 e. The molecule has 2 N–H and O–H groups in total. The number of fused-ring (bicyclic) bond motifs is 1. The third-order valence-corrected chi connectivity index (χ3v) is 4.63. The molecule has 1 fully saturated rings. The van der Waals surface area contributed by atoms with Crippen LogP contribution in [0.2, 0.25) is 0 Å². The predicted octanol–water partition coefficient (Wildman–Crippen LogP) is 2.79. The van der Waals surface area contributed by atoms with Crippen molar-refractivity contribution >= 4 is 18.3 Å². The van der Waals surface area contributed by atoms with Crippen molar-refractivity contribution < 1.29 is 4.79 Å². The Hall–Kier alpha value is -1.06. The van der Waals surface area contributed by atoms with Crippen molar-refractivity contribution in [3.05, 3.63) is 35.4 Å². The molecule has 0 aromatic heterocycles. The Morgan fingerprint density at radius 3 is 2.90 bits per heavy atom. The fourth-order valence-electron chi connectivity index (χ4n) is 3.53. The normalized spacial score (nSPS) is 24.0. The smallest absolute Gasteiger partial charge is 0.220 e. The molecule has 3 rings (SSSR count). The van der Waals surface area contributed by atoms with Gasteiger partial charge in [0.25, 0.3) is 0 Å². The van der Waals surface area contributed by atoms with Crippen molar-refractivity contribution in [3.8, 4) is 0 Å². The van der Waals surface area contributed by atoms with Gasteiger partial charge in [0, 0.05) is 19.0 Å². The molecule has 0 bridgehead atoms. The Labute approximate surface area is 133 Å². The van der Waals surface area contributed by atoms with Crippen molar-refractivity contribution in [1.82, 2.24) is 10.6 Å². The van der Waals surface area contributed by atoms with E-state index in [1.165, 1.54) is 36.8 Å². The van der Waals surface area contributed by atoms with Gasteiger partial charge in [0.05, 0.1) is 0 Å². The molecule has 1 aliphatic carbocycles. The maximum absolute atomic E-state index is 12.1. The number of carbonyl (C=O) groups is 1. The number of rotatable bonds is 4. The second kappa shape index (κ2) is 7.81. The van der Waals surface area contributed by atoms with Crippen LogP contribution in [0.4, 0.5) is 0 Å². The van der Waals surface area contributed by atoms with Crippen molar-refractivity contribution in [1.29, 1.82) is 0 Å². The van der Waals surface area contributed by atoms with Crippen molar-refractivity contribution in [2.45, 2.75) is 50.5 Å². The highest BCUT2D eigenvalue weighted by Crippen LogP contribution is 2.33. The van der Waals surface area contributed by atoms with Crippen LogP contribution in [-0.2, 0) is 11.2 Å². The molecule has 1 heterocycles. The molecule has 0 spiro atoms. The highest BCUT2D eigenvalue weighted by atomic mass is 35.5. The van der Waals surface area contributed by atoms with E-state index in [4.69, 9.17) is 0 Å². The largest absolute Gasteiger partial charge is 0.355 e. The third kappa shape index (κ3) is 4.21. The summed E-state index contributed by atoms with van der Waals surface area (Å²) in [6, 6.07) is 9.09. The van der Waals surface area contributed by atoms with E-state index in [0.717, 1.165) is 19.5 Å². The van der Waals surface area contributed by atoms with Gasteiger partial charge in [-0.3, -0.25) is 4.79 Å². The first-order valence-corrected chi connectivity index (χ1v) is 7.91. The van der Waals surface area contributed by atoms with Crippen LogP contribution in [-0.4, -0.2) is 25.0 Å². The van der Waals surface area contributed by atoms with Gasteiger partial charge in [-0.05, 0) is 55.7 Å². The zero-order valence-electron chi connectivity index (χ0n) is 12.4. The van der Waals surface area contributed by atoms with Gasteiger partial charge in [-0.2, -0.15) is 0 Å². The number of amides is 1. The van der Waals surface area contributed by atoms with Gasteiger partial charge >= 0.3 is 0 Å². The molecule has 3 nitrogen and oxygen atoms in total. The van der Waals surface area contributed by atoms with Gasteiger partial charge in [0.15, 0.2) is 0 Å². The fourth-order valence-corrected chi connectivity index (χ4v) is 3.53. The van der Waals surface area contributed by atoms with E-state index in [-0.39, 0.29) is 18.3 Å². The number of hydrogen-bond donors (Lipinski definition) is 2. The van der Waals surface area contributed by atoms with Gasteiger partial charge < -0.3 is 10.6 Å². The van der Waals surface area contributed by atoms with Gasteiger partial charge in [0.1, 0.15) is 0 Å². The standard InChI is InChI=1S/C17H24N2O.ClH/c20-17(19-12-15-8-4-10-18-15)11-14-7-3-6-13-5-1-2-9-16(13)14;/h1-2,5,9,14-15,18H,3-4,6-8,10-12H2,(H,19,20);1H. The molecule has 0 saturated carbocycles. The molecule has 2 aliphatic rings. The lowest BCUT2D eigenvalue weighted by Crippen LogP contribution is -2.37. The Kier molecular flexibility index (Phi) is 6.07. The molecule has 1 saturated heterocycles. The van der Waals surface area contributed by atoms with E-state index >= 15 is 0 Å². The summed E-state index contributed by atoms with van der Waals surface area (Å²) >= 11 is 0. The first kappa shape index (κ1) is 16.3. The van der Waals surface area contributed by atoms with Crippen molar-refractivity contribution in [2.75, 3.05) is 13.1 Å². The van der Waals surface area contributed by atoms with Crippen LogP contribution in [0, 0.1) is 0 Å². The summed E-state index contributed by atoms with van der Waals surface area (Å²) in [5, 5.41) is 6.52. The average Bonchev–Trinajstić information content (AvgIpc) is 2.99. The lowest BCUT2D eigenvalue weighted by atomic mass is 9.81. The summed E-state index contributed by atoms with van der Waals surface area (Å²) in [6.45, 7) is 1.88. The summed E-state index contributed by atoms with van der Waals surface area (Å²) < 4.78 is 0. The summed E-state index contributed by atoms with van der Waals surface area (Å²) in [5.41, 5.74) is 2.84. The van der Waals surface area contributed by atoms with Crippen LogP contribution < -0.4 is 10.6 Å². The van der Waals surface area contributed by atoms with Crippen LogP contribution in [0.3, 0.4) is 0 Å². The minimum absolute atomic E-state index is 0. The Morgan fingerprint density at radius 2 is 2.10 bits per heavy atom. The molecule has 21 heavy (non-hydrogen) atoms. The molecular weight excluding hydrogens is 284 g/mol. The summed E-state index contributed by atoms with van der Waals surface area (Å²) in [6.07, 6.45) is 6.58. The van der Waals surface area contributed by atoms with E-state index < -0.39 is 0 Å². The lowest BCUT2D eigenvalue weighted by molar-refractivity contribution is -0.121. The maximum atomic E-state index is 12.1. The first-order chi connectivity index (χ1) is 9.83. The van der Waals surface area contributed by atoms with Crippen molar-refractivity contribution in [2.24, 2.45) is 0 Å². The lowest BCUT2D eigenvalue weighted by Gasteiger charge is -2.25. The molecule has 116 valence electrons. The van der Waals surface area contributed by atoms with Crippen LogP contribution in [0.5, 0.6) is 0 Å². The van der Waals surface area contributed by atoms with Crippen LogP contribution in [0.15, 0.2) is 24.3 Å². The van der Waals surface area contributed by atoms with Crippen molar-refractivity contribution in [3.63, 3.8) is 0 Å². The van der Waals surface area contributed by atoms with Gasteiger partial charge in [-0.15, -0.1) is 12.4 Å². The molecule has 0 radical (unpaired) electrons. The van der Waals surface area contributed by atoms with E-state index in [0.29, 0.717) is 18.4 Å². The number of hydrogen-bond acceptors (Lipinski definition) is 2. The monoisotopic (exact) mass is 308 g/mol. The van der Waals surface area contributed by atoms with Gasteiger partial charge in [0.2, 0.25) is 5.91 Å². The summed E-state index contributed by atoms with van der Waals surface area (Å²) in [4.78, 5) is 12.1. The molecule has 1 aliphatic heterocycles. The number of halogens is 1. The molecule has 1 aromatic rings. The zero-order valence-corrected chi connectivity index (χ0v) is 13.3. The summed E-state index contributed by atoms with van der Waals surface area (Å²) in [5.74, 6) is 0.622. The minimum atomic E-state index is 0. The first-order valence-electron chi connectivity index (χ1n) is 7.91. The van der Waals surface area contributed by atoms with Gasteiger partial charge in [-0.25, -0.2) is 0 Å². The topological polar surface area (TPSA) is 41.1 Å². The van der Waals surface area contributed by atoms with Crippen LogP contribution >= 0.6 is 12.4 Å². The molecule has 4 heteroatoms. The van der Waals surface area contributed by atoms with E-state index in [1.807, 2.05) is 0 Å². The summed E-state index contributed by atoms with van der Waals surface area (Å²) in [7, 11) is 0. The van der Waals surface area contributed by atoms with E-state index in [2.05, 4.69) is 34.9 Å². The number of carbonyl (C=O) groups excluding carboxylic acids is 1. The SMILES string of the molecule is Cl.O=C(CC1CCCc2ccccc21)NCC1CCCN1. The molecular formula is C17H25ClN2O. The third-order valence-electron chi connectivity index (χ3n) is 4.63. The highest BCUT2D eigenvalue weighted by Gasteiger charge is 2.22. The molecule has 2 unspecified atom stereocenters. The van der Waals surface area contributed by atoms with E-state index in [9.17, 15) is 4.79 Å². The predicted molar refractivity (Wildman–Crippen MR) is 88.0 cm³/mol.